The van der Waals surface area contributed by atoms with Crippen LogP contribution in [0.5, 0.6) is 0 Å². The molecule has 0 saturated carbocycles. The van der Waals surface area contributed by atoms with E-state index < -0.39 is 6.43 Å². The zero-order chi connectivity index (χ0) is 4.99. The third-order valence-corrected chi connectivity index (χ3v) is 0.340. The Bertz CT molecular complexity index is 78.5. The van der Waals surface area contributed by atoms with E-state index in [1.54, 1.807) is 0 Å². The molecule has 0 spiro atoms. The van der Waals surface area contributed by atoms with Crippen LogP contribution in [0.4, 0.5) is 8.78 Å². The van der Waals surface area contributed by atoms with Gasteiger partial charge in [0.25, 0.3) is 0 Å². The van der Waals surface area contributed by atoms with Gasteiger partial charge in [0.15, 0.2) is 0 Å². The van der Waals surface area contributed by atoms with Gasteiger partial charge in [-0.25, -0.2) is 0 Å². The van der Waals surface area contributed by atoms with Gasteiger partial charge in [-0.15, -0.1) is 0 Å². The Morgan fingerprint density at radius 3 is 2.00 bits per heavy atom. The summed E-state index contributed by atoms with van der Waals surface area (Å²) in [5.41, 5.74) is 0. The summed E-state index contributed by atoms with van der Waals surface area (Å²) in [6.07, 6.45) is -1.87. The fourth-order valence-corrected chi connectivity index (χ4v) is 0.186. The van der Waals surface area contributed by atoms with Gasteiger partial charge in [0.05, 0.1) is 0 Å². The van der Waals surface area contributed by atoms with Crippen LogP contribution in [0.3, 0.4) is 0 Å². The standard InChI is InChI=1S/C3BrF2/c4-2-1-3(5)6. The van der Waals surface area contributed by atoms with E-state index in [4.69, 9.17) is 0 Å². The van der Waals surface area contributed by atoms with E-state index in [0.29, 0.717) is 0 Å². The van der Waals surface area contributed by atoms with Crippen LogP contribution in [0, 0.1) is 17.2 Å². The molecule has 0 aliphatic heterocycles. The highest BCUT2D eigenvalue weighted by Crippen LogP contribution is 1.97. The highest BCUT2D eigenvalue weighted by molar-refractivity contribution is 9.12. The molecule has 0 saturated heterocycles. The van der Waals surface area contributed by atoms with Gasteiger partial charge in [0, 0.05) is 15.9 Å². The topological polar surface area (TPSA) is 0 Å². The molecule has 0 atom stereocenters. The lowest BCUT2D eigenvalue weighted by Gasteiger charge is -1.68. The second kappa shape index (κ2) is 3.10. The van der Waals surface area contributed by atoms with E-state index in [-0.39, 0.29) is 0 Å². The molecule has 0 aromatic heterocycles. The van der Waals surface area contributed by atoms with Crippen molar-refractivity contribution in [3.05, 3.63) is 6.43 Å². The Hall–Kier alpha value is -0.100. The molecule has 0 aliphatic carbocycles. The summed E-state index contributed by atoms with van der Waals surface area (Å²) in [6.45, 7) is 0. The van der Waals surface area contributed by atoms with E-state index in [1.165, 1.54) is 5.92 Å². The van der Waals surface area contributed by atoms with Gasteiger partial charge in [-0.3, -0.25) is 0 Å². The normalized spacial score (nSPS) is 7.33. The van der Waals surface area contributed by atoms with E-state index in [9.17, 15) is 8.78 Å². The lowest BCUT2D eigenvalue weighted by atomic mass is 10.8. The van der Waals surface area contributed by atoms with Crippen molar-refractivity contribution in [1.29, 1.82) is 0 Å². The molecule has 0 N–H and O–H groups in total. The van der Waals surface area contributed by atoms with Crippen LogP contribution in [0.25, 0.3) is 0 Å². The van der Waals surface area contributed by atoms with E-state index in [1.807, 2.05) is 4.83 Å². The zero-order valence-corrected chi connectivity index (χ0v) is 4.22. The first-order chi connectivity index (χ1) is 2.77. The maximum atomic E-state index is 10.7. The van der Waals surface area contributed by atoms with Gasteiger partial charge in [-0.1, -0.05) is 0 Å². The predicted octanol–water partition coefficient (Wildman–Crippen LogP) is 1.77. The molecule has 0 aliphatic rings. The monoisotopic (exact) mass is 153 g/mol. The quantitative estimate of drug-likeness (QED) is 0.466. The minimum Gasteiger partial charge on any atom is -0.184 e. The molecular formula is C3BrF2. The van der Waals surface area contributed by atoms with Gasteiger partial charge in [0.1, 0.15) is 0 Å². The summed E-state index contributed by atoms with van der Waals surface area (Å²) in [5.74, 6) is 1.46. The Kier molecular flexibility index (Phi) is 3.05. The smallest absolute Gasteiger partial charge is 0.184 e. The average Bonchev–Trinajstić information content (AvgIpc) is 1.35. The summed E-state index contributed by atoms with van der Waals surface area (Å²) in [7, 11) is 0. The largest absolute Gasteiger partial charge is 0.382 e. The molecule has 0 fully saturated rings. The maximum absolute atomic E-state index is 10.7. The molecule has 0 bridgehead atoms. The molecule has 0 aromatic rings. The van der Waals surface area contributed by atoms with Crippen molar-refractivity contribution in [2.45, 2.75) is 0 Å². The minimum atomic E-state index is -1.87. The summed E-state index contributed by atoms with van der Waals surface area (Å²) in [6, 6.07) is 0. The maximum Gasteiger partial charge on any atom is 0.382 e. The van der Waals surface area contributed by atoms with Gasteiger partial charge in [-0.05, 0) is 10.8 Å². The Morgan fingerprint density at radius 1 is 1.50 bits per heavy atom. The Morgan fingerprint density at radius 2 is 2.00 bits per heavy atom. The van der Waals surface area contributed by atoms with Gasteiger partial charge in [0.2, 0.25) is 0 Å². The van der Waals surface area contributed by atoms with Crippen molar-refractivity contribution in [2.24, 2.45) is 0 Å². The fraction of sp³-hybridized carbons (Fsp3) is 0. The summed E-state index contributed by atoms with van der Waals surface area (Å²) < 4.78 is 21.5. The first kappa shape index (κ1) is 5.90. The second-order valence-corrected chi connectivity index (χ2v) is 0.876. The molecular weight excluding hydrogens is 154 g/mol. The molecule has 3 heteroatoms. The molecule has 0 amide bonds. The van der Waals surface area contributed by atoms with Crippen molar-refractivity contribution >= 4 is 15.9 Å². The second-order valence-electron chi connectivity index (χ2n) is 0.480. The Balaban J connectivity index is 3.20. The number of halogens is 3. The van der Waals surface area contributed by atoms with Crippen LogP contribution in [0.1, 0.15) is 0 Å². The summed E-state index contributed by atoms with van der Waals surface area (Å²) in [5, 5.41) is 0. The third kappa shape index (κ3) is 3.90. The molecule has 1 radical (unpaired) electrons. The van der Waals surface area contributed by atoms with Crippen LogP contribution < -0.4 is 0 Å². The first-order valence-electron chi connectivity index (χ1n) is 1.07. The molecule has 0 heterocycles. The zero-order valence-electron chi connectivity index (χ0n) is 2.63. The summed E-state index contributed by atoms with van der Waals surface area (Å²) >= 11 is 2.49. The van der Waals surface area contributed by atoms with Crippen molar-refractivity contribution in [3.63, 3.8) is 0 Å². The number of rotatable bonds is 0. The van der Waals surface area contributed by atoms with Crippen LogP contribution in [0.2, 0.25) is 0 Å². The van der Waals surface area contributed by atoms with Crippen LogP contribution in [-0.2, 0) is 0 Å². The van der Waals surface area contributed by atoms with Crippen LogP contribution >= 0.6 is 15.9 Å². The molecule has 0 unspecified atom stereocenters. The molecule has 33 valence electrons. The summed E-state index contributed by atoms with van der Waals surface area (Å²) in [4.78, 5) is 1.84. The van der Waals surface area contributed by atoms with E-state index in [2.05, 4.69) is 15.9 Å². The predicted molar refractivity (Wildman–Crippen MR) is 22.2 cm³/mol. The SMILES string of the molecule is F[C](F)C#CBr. The third-order valence-electron chi connectivity index (χ3n) is 0.142. The first-order valence-corrected chi connectivity index (χ1v) is 1.86. The van der Waals surface area contributed by atoms with Gasteiger partial charge >= 0.3 is 6.43 Å². The van der Waals surface area contributed by atoms with E-state index in [0.717, 1.165) is 0 Å². The van der Waals surface area contributed by atoms with Gasteiger partial charge < -0.3 is 0 Å². The van der Waals surface area contributed by atoms with Crippen LogP contribution in [-0.4, -0.2) is 0 Å². The molecule has 6 heavy (non-hydrogen) atoms. The molecule has 0 aromatic carbocycles. The molecule has 0 nitrogen and oxygen atoms in total. The highest BCUT2D eigenvalue weighted by atomic mass is 79.9. The lowest BCUT2D eigenvalue weighted by Crippen LogP contribution is -1.63. The lowest BCUT2D eigenvalue weighted by molar-refractivity contribution is 0.343. The highest BCUT2D eigenvalue weighted by Gasteiger charge is 1.92. The van der Waals surface area contributed by atoms with Crippen molar-refractivity contribution in [1.82, 2.24) is 0 Å². The van der Waals surface area contributed by atoms with E-state index >= 15 is 0 Å². The minimum absolute atomic E-state index is 1.46. The van der Waals surface area contributed by atoms with Crippen molar-refractivity contribution in [3.8, 4) is 10.8 Å². The van der Waals surface area contributed by atoms with Crippen molar-refractivity contribution in [2.75, 3.05) is 0 Å². The fourth-order valence-electron chi connectivity index (χ4n) is 0.0357. The van der Waals surface area contributed by atoms with Crippen LogP contribution in [0.15, 0.2) is 0 Å². The number of hydrogen-bond donors (Lipinski definition) is 0. The molecule has 0 rings (SSSR count). The number of hydrogen-bond acceptors (Lipinski definition) is 0. The van der Waals surface area contributed by atoms with Crippen molar-refractivity contribution < 1.29 is 8.78 Å². The Labute approximate surface area is 42.7 Å². The van der Waals surface area contributed by atoms with Gasteiger partial charge in [-0.2, -0.15) is 8.78 Å². The average molecular weight is 154 g/mol.